The van der Waals surface area contributed by atoms with E-state index in [9.17, 15) is 0 Å². The second-order valence-corrected chi connectivity index (χ2v) is 3.48. The van der Waals surface area contributed by atoms with E-state index in [1.165, 1.54) is 0 Å². The lowest BCUT2D eigenvalue weighted by atomic mass is 10.1. The van der Waals surface area contributed by atoms with Crippen LogP contribution in [0.2, 0.25) is 0 Å². The Bertz CT molecular complexity index is 374. The summed E-state index contributed by atoms with van der Waals surface area (Å²) in [5.41, 5.74) is 0.823. The van der Waals surface area contributed by atoms with Crippen LogP contribution in [0.3, 0.4) is 0 Å². The Labute approximate surface area is 95.7 Å². The summed E-state index contributed by atoms with van der Waals surface area (Å²) in [7, 11) is 3.38. The first-order valence-corrected chi connectivity index (χ1v) is 5.08. The molecule has 1 atom stereocenters. The molecule has 0 spiro atoms. The van der Waals surface area contributed by atoms with E-state index >= 15 is 0 Å². The van der Waals surface area contributed by atoms with Gasteiger partial charge in [0.05, 0.1) is 19.8 Å². The van der Waals surface area contributed by atoms with Gasteiger partial charge in [-0.2, -0.15) is 5.26 Å². The molecule has 86 valence electrons. The highest BCUT2D eigenvalue weighted by Crippen LogP contribution is 2.27. The van der Waals surface area contributed by atoms with Crippen molar-refractivity contribution in [1.82, 2.24) is 4.90 Å². The van der Waals surface area contributed by atoms with E-state index in [1.54, 1.807) is 19.1 Å². The van der Waals surface area contributed by atoms with Gasteiger partial charge in [0.1, 0.15) is 11.8 Å². The molecule has 0 saturated carbocycles. The Morgan fingerprint density at radius 1 is 1.50 bits per heavy atom. The molecular weight excluding hydrogens is 204 g/mol. The summed E-state index contributed by atoms with van der Waals surface area (Å²) in [6.07, 6.45) is 0. The molecule has 16 heavy (non-hydrogen) atoms. The van der Waals surface area contributed by atoms with Gasteiger partial charge in [0.15, 0.2) is 0 Å². The number of hydrogen-bond donors (Lipinski definition) is 1. The van der Waals surface area contributed by atoms with Crippen molar-refractivity contribution >= 4 is 0 Å². The first-order valence-electron chi connectivity index (χ1n) is 5.08. The van der Waals surface area contributed by atoms with Crippen molar-refractivity contribution < 1.29 is 9.84 Å². The second kappa shape index (κ2) is 6.11. The van der Waals surface area contributed by atoms with Crippen molar-refractivity contribution in [3.8, 4) is 11.8 Å². The second-order valence-electron chi connectivity index (χ2n) is 3.48. The minimum atomic E-state index is -0.400. The molecule has 0 heterocycles. The van der Waals surface area contributed by atoms with Crippen molar-refractivity contribution in [3.05, 3.63) is 29.8 Å². The normalized spacial score (nSPS) is 12.2. The number of hydrogen-bond acceptors (Lipinski definition) is 4. The number of methoxy groups -OCH3 is 1. The molecule has 4 heteroatoms. The first-order chi connectivity index (χ1) is 7.74. The van der Waals surface area contributed by atoms with Gasteiger partial charge in [-0.3, -0.25) is 4.90 Å². The maximum absolute atomic E-state index is 9.17. The molecule has 0 aliphatic rings. The van der Waals surface area contributed by atoms with Crippen molar-refractivity contribution in [1.29, 1.82) is 5.26 Å². The maximum Gasteiger partial charge on any atom is 0.127 e. The number of nitrogens with zero attached hydrogens (tertiary/aromatic N) is 2. The molecule has 0 radical (unpaired) electrons. The smallest absolute Gasteiger partial charge is 0.127 e. The lowest BCUT2D eigenvalue weighted by Gasteiger charge is -2.23. The van der Waals surface area contributed by atoms with Gasteiger partial charge in [0.2, 0.25) is 0 Å². The number of likely N-dealkylation sites (N-methyl/N-ethyl adjacent to an activating group) is 1. The van der Waals surface area contributed by atoms with Crippen LogP contribution in [0, 0.1) is 11.3 Å². The van der Waals surface area contributed by atoms with Gasteiger partial charge in [-0.1, -0.05) is 18.2 Å². The predicted octanol–water partition coefficient (Wildman–Crippen LogP) is 1.18. The molecule has 1 N–H and O–H groups in total. The molecule has 1 aromatic rings. The van der Waals surface area contributed by atoms with Crippen LogP contribution in [0.5, 0.6) is 5.75 Å². The van der Waals surface area contributed by atoms with Crippen LogP contribution in [-0.2, 0) is 0 Å². The van der Waals surface area contributed by atoms with E-state index in [1.807, 2.05) is 24.3 Å². The molecule has 1 aromatic carbocycles. The molecule has 0 aliphatic heterocycles. The van der Waals surface area contributed by atoms with Crippen molar-refractivity contribution in [2.75, 3.05) is 27.3 Å². The standard InChI is InChI=1S/C12H16N2O2/c1-14(7-8-15)11(9-13)10-5-3-4-6-12(10)16-2/h3-6,11,15H,7-8H2,1-2H3. The lowest BCUT2D eigenvalue weighted by molar-refractivity contribution is 0.201. The zero-order chi connectivity index (χ0) is 12.0. The predicted molar refractivity (Wildman–Crippen MR) is 61.1 cm³/mol. The van der Waals surface area contributed by atoms with Gasteiger partial charge in [0.25, 0.3) is 0 Å². The fourth-order valence-electron chi connectivity index (χ4n) is 1.58. The Balaban J connectivity index is 2.99. The number of rotatable bonds is 5. The third-order valence-corrected chi connectivity index (χ3v) is 2.45. The zero-order valence-electron chi connectivity index (χ0n) is 9.55. The number of para-hydroxylation sites is 1. The Morgan fingerprint density at radius 3 is 2.75 bits per heavy atom. The number of ether oxygens (including phenoxy) is 1. The maximum atomic E-state index is 9.17. The molecule has 0 saturated heterocycles. The minimum Gasteiger partial charge on any atom is -0.496 e. The average Bonchev–Trinajstić information content (AvgIpc) is 2.31. The van der Waals surface area contributed by atoms with Gasteiger partial charge in [-0.15, -0.1) is 0 Å². The van der Waals surface area contributed by atoms with Crippen LogP contribution in [0.1, 0.15) is 11.6 Å². The van der Waals surface area contributed by atoms with Crippen LogP contribution < -0.4 is 4.74 Å². The summed E-state index contributed by atoms with van der Waals surface area (Å²) in [5, 5.41) is 18.0. The molecule has 0 aliphatic carbocycles. The SMILES string of the molecule is COc1ccccc1C(C#N)N(C)CCO. The number of benzene rings is 1. The van der Waals surface area contributed by atoms with Gasteiger partial charge < -0.3 is 9.84 Å². The molecule has 0 aromatic heterocycles. The fourth-order valence-corrected chi connectivity index (χ4v) is 1.58. The van der Waals surface area contributed by atoms with E-state index in [-0.39, 0.29) is 6.61 Å². The fraction of sp³-hybridized carbons (Fsp3) is 0.417. The highest BCUT2D eigenvalue weighted by Gasteiger charge is 2.19. The van der Waals surface area contributed by atoms with Crippen LogP contribution >= 0.6 is 0 Å². The summed E-state index contributed by atoms with van der Waals surface area (Å²) in [5.74, 6) is 0.693. The summed E-state index contributed by atoms with van der Waals surface area (Å²) in [4.78, 5) is 1.79. The topological polar surface area (TPSA) is 56.5 Å². The quantitative estimate of drug-likeness (QED) is 0.809. The van der Waals surface area contributed by atoms with Gasteiger partial charge in [-0.25, -0.2) is 0 Å². The third-order valence-electron chi connectivity index (χ3n) is 2.45. The van der Waals surface area contributed by atoms with Crippen molar-refractivity contribution in [2.24, 2.45) is 0 Å². The highest BCUT2D eigenvalue weighted by molar-refractivity contribution is 5.38. The van der Waals surface area contributed by atoms with E-state index in [0.717, 1.165) is 5.56 Å². The third kappa shape index (κ3) is 2.72. The number of aliphatic hydroxyl groups is 1. The van der Waals surface area contributed by atoms with Crippen LogP contribution in [0.4, 0.5) is 0 Å². The molecule has 4 nitrogen and oxygen atoms in total. The van der Waals surface area contributed by atoms with Gasteiger partial charge in [-0.05, 0) is 13.1 Å². The Morgan fingerprint density at radius 2 is 2.19 bits per heavy atom. The zero-order valence-corrected chi connectivity index (χ0v) is 9.55. The summed E-state index contributed by atoms with van der Waals surface area (Å²) < 4.78 is 5.22. The molecular formula is C12H16N2O2. The van der Waals surface area contributed by atoms with Crippen molar-refractivity contribution in [3.63, 3.8) is 0 Å². The molecule has 0 amide bonds. The molecule has 0 bridgehead atoms. The summed E-state index contributed by atoms with van der Waals surface area (Å²) in [6, 6.07) is 9.23. The van der Waals surface area contributed by atoms with Gasteiger partial charge >= 0.3 is 0 Å². The van der Waals surface area contributed by atoms with Crippen LogP contribution in [0.25, 0.3) is 0 Å². The number of aliphatic hydroxyl groups excluding tert-OH is 1. The van der Waals surface area contributed by atoms with Crippen molar-refractivity contribution in [2.45, 2.75) is 6.04 Å². The molecule has 0 fully saturated rings. The van der Waals surface area contributed by atoms with Gasteiger partial charge in [0, 0.05) is 12.1 Å². The molecule has 1 rings (SSSR count). The van der Waals surface area contributed by atoms with Crippen LogP contribution in [0.15, 0.2) is 24.3 Å². The largest absolute Gasteiger partial charge is 0.496 e. The molecule has 1 unspecified atom stereocenters. The highest BCUT2D eigenvalue weighted by atomic mass is 16.5. The monoisotopic (exact) mass is 220 g/mol. The summed E-state index contributed by atoms with van der Waals surface area (Å²) >= 11 is 0. The van der Waals surface area contributed by atoms with Crippen LogP contribution in [-0.4, -0.2) is 37.3 Å². The van der Waals surface area contributed by atoms with E-state index < -0.39 is 6.04 Å². The Hall–Kier alpha value is -1.57. The average molecular weight is 220 g/mol. The first kappa shape index (κ1) is 12.5. The number of nitriles is 1. The Kier molecular flexibility index (Phi) is 4.77. The minimum absolute atomic E-state index is 0.0316. The van der Waals surface area contributed by atoms with E-state index in [0.29, 0.717) is 12.3 Å². The summed E-state index contributed by atoms with van der Waals surface area (Å²) in [6.45, 7) is 0.486. The van der Waals surface area contributed by atoms with E-state index in [4.69, 9.17) is 15.1 Å². The lowest BCUT2D eigenvalue weighted by Crippen LogP contribution is -2.26. The van der Waals surface area contributed by atoms with E-state index in [2.05, 4.69) is 6.07 Å².